The second-order valence-electron chi connectivity index (χ2n) is 5.28. The maximum atomic E-state index is 13.5. The van der Waals surface area contributed by atoms with Crippen LogP contribution in [0.1, 0.15) is 18.4 Å². The standard InChI is InChI=1S/C14H15ClFNO3/c15-9-2-1-8(5-10(9)16)7-17-11-3-4-20-13(11)6-12(17)14(18)19/h1-2,5,11-13H,3-4,6-7H2,(H,18,19)/t11-,12?,13-/m0/s1. The zero-order valence-corrected chi connectivity index (χ0v) is 11.5. The number of ether oxygens (including phenoxy) is 1. The number of benzene rings is 1. The summed E-state index contributed by atoms with van der Waals surface area (Å²) in [4.78, 5) is 13.3. The van der Waals surface area contributed by atoms with Gasteiger partial charge in [0, 0.05) is 25.6 Å². The molecule has 0 aliphatic carbocycles. The molecule has 1 aromatic rings. The average molecular weight is 300 g/mol. The van der Waals surface area contributed by atoms with Crippen LogP contribution in [0.25, 0.3) is 0 Å². The summed E-state index contributed by atoms with van der Waals surface area (Å²) in [6.07, 6.45) is 1.30. The first-order chi connectivity index (χ1) is 9.56. The second kappa shape index (κ2) is 5.31. The van der Waals surface area contributed by atoms with E-state index in [1.165, 1.54) is 12.1 Å². The number of carboxylic acid groups (broad SMARTS) is 1. The van der Waals surface area contributed by atoms with Crippen molar-refractivity contribution in [3.63, 3.8) is 0 Å². The SMILES string of the molecule is O=C(O)C1C[C@@H]2OCC[C@@H]2N1Cc1ccc(Cl)c(F)c1. The summed E-state index contributed by atoms with van der Waals surface area (Å²) in [5, 5.41) is 9.40. The molecule has 6 heteroatoms. The largest absolute Gasteiger partial charge is 0.480 e. The van der Waals surface area contributed by atoms with Gasteiger partial charge in [-0.25, -0.2) is 4.39 Å². The van der Waals surface area contributed by atoms with E-state index in [-0.39, 0.29) is 17.2 Å². The highest BCUT2D eigenvalue weighted by molar-refractivity contribution is 6.30. The van der Waals surface area contributed by atoms with E-state index < -0.39 is 17.8 Å². The number of hydrogen-bond acceptors (Lipinski definition) is 3. The van der Waals surface area contributed by atoms with Crippen LogP contribution >= 0.6 is 11.6 Å². The second-order valence-corrected chi connectivity index (χ2v) is 5.68. The summed E-state index contributed by atoms with van der Waals surface area (Å²) < 4.78 is 19.1. The van der Waals surface area contributed by atoms with Gasteiger partial charge >= 0.3 is 5.97 Å². The van der Waals surface area contributed by atoms with Crippen molar-refractivity contribution in [2.75, 3.05) is 6.61 Å². The van der Waals surface area contributed by atoms with Gasteiger partial charge in [0.2, 0.25) is 0 Å². The Bertz CT molecular complexity index is 539. The number of aliphatic carboxylic acids is 1. The van der Waals surface area contributed by atoms with Gasteiger partial charge in [-0.3, -0.25) is 9.69 Å². The van der Waals surface area contributed by atoms with E-state index in [0.717, 1.165) is 12.0 Å². The third kappa shape index (κ3) is 2.41. The minimum atomic E-state index is -0.850. The van der Waals surface area contributed by atoms with Gasteiger partial charge < -0.3 is 9.84 Å². The van der Waals surface area contributed by atoms with Gasteiger partial charge in [0.05, 0.1) is 11.1 Å². The molecule has 0 amide bonds. The van der Waals surface area contributed by atoms with E-state index >= 15 is 0 Å². The number of halogens is 2. The average Bonchev–Trinajstić information content (AvgIpc) is 2.96. The number of rotatable bonds is 3. The lowest BCUT2D eigenvalue weighted by Crippen LogP contribution is -2.40. The monoisotopic (exact) mass is 299 g/mol. The molecular weight excluding hydrogens is 285 g/mol. The maximum Gasteiger partial charge on any atom is 0.321 e. The van der Waals surface area contributed by atoms with Crippen LogP contribution in [0.4, 0.5) is 4.39 Å². The Hall–Kier alpha value is -1.17. The van der Waals surface area contributed by atoms with Gasteiger partial charge in [-0.2, -0.15) is 0 Å². The lowest BCUT2D eigenvalue weighted by atomic mass is 10.1. The van der Waals surface area contributed by atoms with E-state index in [2.05, 4.69) is 0 Å². The van der Waals surface area contributed by atoms with Crippen molar-refractivity contribution in [2.24, 2.45) is 0 Å². The molecule has 108 valence electrons. The fourth-order valence-electron chi connectivity index (χ4n) is 3.15. The number of carbonyl (C=O) groups is 1. The molecule has 1 aromatic carbocycles. The molecule has 2 saturated heterocycles. The number of nitrogens with zero attached hydrogens (tertiary/aromatic N) is 1. The van der Waals surface area contributed by atoms with Gasteiger partial charge in [0.15, 0.2) is 0 Å². The normalized spacial score (nSPS) is 29.6. The van der Waals surface area contributed by atoms with E-state index in [1.807, 2.05) is 4.90 Å². The molecule has 0 spiro atoms. The van der Waals surface area contributed by atoms with Gasteiger partial charge in [0.1, 0.15) is 11.9 Å². The van der Waals surface area contributed by atoms with Crippen LogP contribution in [0.15, 0.2) is 18.2 Å². The smallest absolute Gasteiger partial charge is 0.321 e. The topological polar surface area (TPSA) is 49.8 Å². The Balaban J connectivity index is 1.82. The lowest BCUT2D eigenvalue weighted by Gasteiger charge is -2.26. The van der Waals surface area contributed by atoms with Crippen LogP contribution < -0.4 is 0 Å². The third-order valence-electron chi connectivity index (χ3n) is 4.09. The number of hydrogen-bond donors (Lipinski definition) is 1. The van der Waals surface area contributed by atoms with E-state index in [9.17, 15) is 14.3 Å². The Morgan fingerprint density at radius 1 is 1.55 bits per heavy atom. The van der Waals surface area contributed by atoms with Crippen molar-refractivity contribution in [1.82, 2.24) is 4.90 Å². The van der Waals surface area contributed by atoms with Crippen LogP contribution in [0.2, 0.25) is 5.02 Å². The minimum absolute atomic E-state index is 0.0201. The summed E-state index contributed by atoms with van der Waals surface area (Å²) in [5.41, 5.74) is 0.728. The van der Waals surface area contributed by atoms with E-state index in [1.54, 1.807) is 6.07 Å². The van der Waals surface area contributed by atoms with Crippen molar-refractivity contribution in [3.05, 3.63) is 34.6 Å². The first-order valence-corrected chi connectivity index (χ1v) is 6.98. The molecule has 2 aliphatic heterocycles. The quantitative estimate of drug-likeness (QED) is 0.930. The first kappa shape index (κ1) is 13.8. The van der Waals surface area contributed by atoms with Crippen molar-refractivity contribution in [1.29, 1.82) is 0 Å². The van der Waals surface area contributed by atoms with Crippen molar-refractivity contribution < 1.29 is 19.0 Å². The minimum Gasteiger partial charge on any atom is -0.480 e. The molecule has 3 rings (SSSR count). The summed E-state index contributed by atoms with van der Waals surface area (Å²) in [6.45, 7) is 1.06. The van der Waals surface area contributed by atoms with Crippen molar-refractivity contribution >= 4 is 17.6 Å². The Kier molecular flexibility index (Phi) is 3.67. The van der Waals surface area contributed by atoms with Crippen LogP contribution in [-0.2, 0) is 16.1 Å². The molecule has 0 bridgehead atoms. The van der Waals surface area contributed by atoms with Crippen LogP contribution in [0.5, 0.6) is 0 Å². The van der Waals surface area contributed by atoms with Crippen LogP contribution in [0, 0.1) is 5.82 Å². The summed E-state index contributed by atoms with van der Waals surface area (Å²) in [5.74, 6) is -1.33. The molecule has 2 heterocycles. The Morgan fingerprint density at radius 2 is 2.35 bits per heavy atom. The predicted molar refractivity (Wildman–Crippen MR) is 71.1 cm³/mol. The lowest BCUT2D eigenvalue weighted by molar-refractivity contribution is -0.143. The highest BCUT2D eigenvalue weighted by Crippen LogP contribution is 2.35. The summed E-state index contributed by atoms with van der Waals surface area (Å²) >= 11 is 5.66. The highest BCUT2D eigenvalue weighted by atomic mass is 35.5. The van der Waals surface area contributed by atoms with Gasteiger partial charge in [-0.15, -0.1) is 0 Å². The molecule has 0 aromatic heterocycles. The Labute approximate surface area is 121 Å². The van der Waals surface area contributed by atoms with E-state index in [4.69, 9.17) is 16.3 Å². The third-order valence-corrected chi connectivity index (χ3v) is 4.40. The van der Waals surface area contributed by atoms with Crippen molar-refractivity contribution in [3.8, 4) is 0 Å². The predicted octanol–water partition coefficient (Wildman–Crippen LogP) is 2.30. The van der Waals surface area contributed by atoms with E-state index in [0.29, 0.717) is 19.6 Å². The van der Waals surface area contributed by atoms with Gasteiger partial charge in [-0.1, -0.05) is 17.7 Å². The van der Waals surface area contributed by atoms with Crippen LogP contribution in [-0.4, -0.2) is 40.8 Å². The van der Waals surface area contributed by atoms with Crippen molar-refractivity contribution in [2.45, 2.75) is 37.6 Å². The van der Waals surface area contributed by atoms with Gasteiger partial charge in [-0.05, 0) is 24.1 Å². The zero-order valence-electron chi connectivity index (χ0n) is 10.8. The Morgan fingerprint density at radius 3 is 3.05 bits per heavy atom. The van der Waals surface area contributed by atoms with Crippen LogP contribution in [0.3, 0.4) is 0 Å². The molecule has 2 fully saturated rings. The fourth-order valence-corrected chi connectivity index (χ4v) is 3.26. The summed E-state index contributed by atoms with van der Waals surface area (Å²) in [7, 11) is 0. The first-order valence-electron chi connectivity index (χ1n) is 6.60. The molecule has 2 aliphatic rings. The highest BCUT2D eigenvalue weighted by Gasteiger charge is 2.47. The molecular formula is C14H15ClFNO3. The number of likely N-dealkylation sites (tertiary alicyclic amines) is 1. The molecule has 3 atom stereocenters. The molecule has 1 N–H and O–H groups in total. The zero-order chi connectivity index (χ0) is 14.3. The molecule has 20 heavy (non-hydrogen) atoms. The maximum absolute atomic E-state index is 13.5. The fraction of sp³-hybridized carbons (Fsp3) is 0.500. The number of carboxylic acids is 1. The molecule has 0 saturated carbocycles. The molecule has 1 unspecified atom stereocenters. The molecule has 4 nitrogen and oxygen atoms in total. The molecule has 0 radical (unpaired) electrons. The van der Waals surface area contributed by atoms with Gasteiger partial charge in [0.25, 0.3) is 0 Å². The summed E-state index contributed by atoms with van der Waals surface area (Å²) in [6, 6.07) is 4.14. The number of fused-ring (bicyclic) bond motifs is 1.